The maximum Gasteiger partial charge on any atom is 0.408 e. The summed E-state index contributed by atoms with van der Waals surface area (Å²) in [6, 6.07) is 3.47. The van der Waals surface area contributed by atoms with Crippen LogP contribution in [0.25, 0.3) is 16.9 Å². The minimum atomic E-state index is -1.53. The minimum absolute atomic E-state index is 0.0327. The number of anilines is 2. The maximum atomic E-state index is 15.1. The van der Waals surface area contributed by atoms with Crippen LogP contribution in [0.3, 0.4) is 0 Å². The molecule has 1 aliphatic heterocycles. The SMILES string of the molecule is O=C(NC12CC(C1)C2)O[C@H]1CO[C@@H](c2cc(Nc3nc(-c4cncnc4)cc4nccn34)n[nH]2)[C@@H]1F. The zero-order chi connectivity index (χ0) is 24.3. The number of carbonyl (C=O) groups excluding carboxylic acids is 1. The van der Waals surface area contributed by atoms with Crippen molar-refractivity contribution in [3.05, 3.63) is 48.9 Å². The average Bonchev–Trinajstić information content (AvgIpc) is 3.57. The van der Waals surface area contributed by atoms with E-state index in [1.165, 1.54) is 6.33 Å². The van der Waals surface area contributed by atoms with Gasteiger partial charge in [-0.3, -0.25) is 9.50 Å². The Morgan fingerprint density at radius 3 is 2.86 bits per heavy atom. The van der Waals surface area contributed by atoms with Gasteiger partial charge in [0.2, 0.25) is 5.95 Å². The Morgan fingerprint density at radius 1 is 1.25 bits per heavy atom. The van der Waals surface area contributed by atoms with E-state index in [1.54, 1.807) is 35.3 Å². The molecule has 1 saturated heterocycles. The summed E-state index contributed by atoms with van der Waals surface area (Å²) in [4.78, 5) is 29.3. The number of ether oxygens (including phenoxy) is 2. The largest absolute Gasteiger partial charge is 0.441 e. The van der Waals surface area contributed by atoms with Crippen molar-refractivity contribution in [2.75, 3.05) is 11.9 Å². The molecule has 4 aromatic heterocycles. The van der Waals surface area contributed by atoms with Crippen LogP contribution in [0.5, 0.6) is 0 Å². The fourth-order valence-electron chi connectivity index (χ4n) is 5.20. The lowest BCUT2D eigenvalue weighted by molar-refractivity contribution is -0.0528. The van der Waals surface area contributed by atoms with Crippen LogP contribution in [0.15, 0.2) is 43.2 Å². The molecule has 36 heavy (non-hydrogen) atoms. The number of halogens is 1. The topological polar surface area (TPSA) is 144 Å². The first-order chi connectivity index (χ1) is 17.6. The molecule has 13 heteroatoms. The number of imidazole rings is 1. The highest BCUT2D eigenvalue weighted by Crippen LogP contribution is 2.57. The summed E-state index contributed by atoms with van der Waals surface area (Å²) < 4.78 is 27.9. The summed E-state index contributed by atoms with van der Waals surface area (Å²) in [5.74, 6) is 1.59. The zero-order valence-electron chi connectivity index (χ0n) is 19.0. The number of H-pyrrole nitrogens is 1. The van der Waals surface area contributed by atoms with Crippen LogP contribution in [-0.2, 0) is 9.47 Å². The number of aromatic nitrogens is 7. The second kappa shape index (κ2) is 7.95. The van der Waals surface area contributed by atoms with Crippen molar-refractivity contribution in [3.8, 4) is 11.3 Å². The molecule has 3 saturated carbocycles. The van der Waals surface area contributed by atoms with Gasteiger partial charge < -0.3 is 20.1 Å². The molecule has 0 radical (unpaired) electrons. The minimum Gasteiger partial charge on any atom is -0.441 e. The highest BCUT2D eigenvalue weighted by Gasteiger charge is 2.58. The van der Waals surface area contributed by atoms with Gasteiger partial charge in [-0.25, -0.2) is 29.1 Å². The molecule has 12 nitrogen and oxygen atoms in total. The van der Waals surface area contributed by atoms with Gasteiger partial charge >= 0.3 is 6.09 Å². The molecule has 3 atom stereocenters. The van der Waals surface area contributed by atoms with E-state index in [9.17, 15) is 4.79 Å². The van der Waals surface area contributed by atoms with Gasteiger partial charge in [0.15, 0.2) is 18.1 Å². The molecule has 4 aromatic rings. The van der Waals surface area contributed by atoms with Crippen molar-refractivity contribution in [2.24, 2.45) is 5.92 Å². The molecule has 2 bridgehead atoms. The Balaban J connectivity index is 1.06. The number of rotatable bonds is 6. The van der Waals surface area contributed by atoms with Crippen LogP contribution >= 0.6 is 0 Å². The second-order valence-corrected chi connectivity index (χ2v) is 9.61. The summed E-state index contributed by atoms with van der Waals surface area (Å²) >= 11 is 0. The van der Waals surface area contributed by atoms with E-state index in [0.717, 1.165) is 30.7 Å². The number of nitrogens with one attached hydrogen (secondary N) is 3. The third kappa shape index (κ3) is 3.54. The number of hydrogen-bond acceptors (Lipinski definition) is 9. The molecular formula is C23H22FN9O3. The van der Waals surface area contributed by atoms with Crippen LogP contribution in [0.2, 0.25) is 0 Å². The molecule has 0 aromatic carbocycles. The molecular weight excluding hydrogens is 469 g/mol. The number of carbonyl (C=O) groups is 1. The van der Waals surface area contributed by atoms with Crippen molar-refractivity contribution in [2.45, 2.75) is 43.2 Å². The van der Waals surface area contributed by atoms with Gasteiger partial charge in [0.1, 0.15) is 18.1 Å². The molecule has 4 aliphatic rings. The number of aromatic amines is 1. The highest BCUT2D eigenvalue weighted by molar-refractivity contribution is 5.69. The second-order valence-electron chi connectivity index (χ2n) is 9.61. The predicted molar refractivity (Wildman–Crippen MR) is 123 cm³/mol. The number of amides is 1. The third-order valence-electron chi connectivity index (χ3n) is 7.14. The molecule has 3 aliphatic carbocycles. The quantitative estimate of drug-likeness (QED) is 0.371. The molecule has 0 spiro atoms. The van der Waals surface area contributed by atoms with Crippen LogP contribution in [0, 0.1) is 5.92 Å². The van der Waals surface area contributed by atoms with Crippen LogP contribution < -0.4 is 10.6 Å². The molecule has 0 unspecified atom stereocenters. The van der Waals surface area contributed by atoms with E-state index in [0.29, 0.717) is 28.8 Å². The van der Waals surface area contributed by atoms with Crippen molar-refractivity contribution >= 4 is 23.5 Å². The van der Waals surface area contributed by atoms with Crippen molar-refractivity contribution in [3.63, 3.8) is 0 Å². The summed E-state index contributed by atoms with van der Waals surface area (Å²) in [6.07, 6.45) is 7.11. The third-order valence-corrected chi connectivity index (χ3v) is 7.14. The van der Waals surface area contributed by atoms with E-state index in [2.05, 4.69) is 40.8 Å². The summed E-state index contributed by atoms with van der Waals surface area (Å²) in [7, 11) is 0. The standard InChI is InChI=1S/C23H22FN9O3/c24-19-16(36-22(34)30-23-5-12(6-23)7-23)10-35-20(19)15-3-17(32-31-15)29-21-28-14(13-8-25-11-26-9-13)4-18-27-1-2-33(18)21/h1-4,8-9,11-12,16,19-20H,5-7,10H2,(H,30,34)(H2,28,29,31,32)/t12?,16-,19+,20-,23?/m0/s1. The van der Waals surface area contributed by atoms with Crippen molar-refractivity contribution in [1.82, 2.24) is 39.9 Å². The van der Waals surface area contributed by atoms with Gasteiger partial charge in [-0.05, 0) is 25.2 Å². The first-order valence-corrected chi connectivity index (χ1v) is 11.7. The van der Waals surface area contributed by atoms with Crippen molar-refractivity contribution in [1.29, 1.82) is 0 Å². The lowest BCUT2D eigenvalue weighted by atomic mass is 9.50. The predicted octanol–water partition coefficient (Wildman–Crippen LogP) is 2.71. The number of hydrogen-bond donors (Lipinski definition) is 3. The molecule has 184 valence electrons. The van der Waals surface area contributed by atoms with Crippen molar-refractivity contribution < 1.29 is 18.7 Å². The normalized spacial score (nSPS) is 28.4. The number of fused-ring (bicyclic) bond motifs is 1. The van der Waals surface area contributed by atoms with E-state index >= 15 is 4.39 Å². The molecule has 8 rings (SSSR count). The molecule has 3 N–H and O–H groups in total. The first-order valence-electron chi connectivity index (χ1n) is 11.7. The van der Waals surface area contributed by atoms with Gasteiger partial charge in [0.05, 0.1) is 18.0 Å². The van der Waals surface area contributed by atoms with Crippen LogP contribution in [0.4, 0.5) is 21.0 Å². The summed E-state index contributed by atoms with van der Waals surface area (Å²) in [5, 5.41) is 13.1. The summed E-state index contributed by atoms with van der Waals surface area (Å²) in [5.41, 5.74) is 2.33. The van der Waals surface area contributed by atoms with Gasteiger partial charge in [-0.1, -0.05) is 0 Å². The fourth-order valence-corrected chi connectivity index (χ4v) is 5.20. The van der Waals surface area contributed by atoms with Crippen LogP contribution in [-0.4, -0.2) is 65.0 Å². The summed E-state index contributed by atoms with van der Waals surface area (Å²) in [6.45, 7) is -0.0327. The Morgan fingerprint density at radius 2 is 2.08 bits per heavy atom. The molecule has 5 heterocycles. The number of nitrogens with zero attached hydrogens (tertiary/aromatic N) is 6. The average molecular weight is 491 g/mol. The lowest BCUT2D eigenvalue weighted by Gasteiger charge is -2.61. The Kier molecular flexibility index (Phi) is 4.67. The smallest absolute Gasteiger partial charge is 0.408 e. The van der Waals surface area contributed by atoms with Gasteiger partial charge in [-0.2, -0.15) is 5.10 Å². The maximum absolute atomic E-state index is 15.1. The number of alkyl carbamates (subject to hydrolysis) is 1. The molecule has 1 amide bonds. The Hall–Kier alpha value is -4.13. The Bertz CT molecular complexity index is 1420. The lowest BCUT2D eigenvalue weighted by Crippen LogP contribution is -2.68. The monoisotopic (exact) mass is 491 g/mol. The van der Waals surface area contributed by atoms with E-state index < -0.39 is 24.5 Å². The van der Waals surface area contributed by atoms with Gasteiger partial charge in [0, 0.05) is 48.0 Å². The van der Waals surface area contributed by atoms with Gasteiger partial charge in [-0.15, -0.1) is 0 Å². The Labute approximate surface area is 203 Å². The first kappa shape index (κ1) is 21.2. The fraction of sp³-hybridized carbons (Fsp3) is 0.391. The number of alkyl halides is 1. The van der Waals surface area contributed by atoms with E-state index in [1.807, 2.05) is 6.07 Å². The van der Waals surface area contributed by atoms with Gasteiger partial charge in [0.25, 0.3) is 0 Å². The zero-order valence-corrected chi connectivity index (χ0v) is 19.0. The molecule has 4 fully saturated rings. The highest BCUT2D eigenvalue weighted by atomic mass is 19.1. The van der Waals surface area contributed by atoms with Crippen LogP contribution in [0.1, 0.15) is 31.1 Å². The van der Waals surface area contributed by atoms with E-state index in [4.69, 9.17) is 9.47 Å². The van der Waals surface area contributed by atoms with E-state index in [-0.39, 0.29) is 12.1 Å².